The van der Waals surface area contributed by atoms with Gasteiger partial charge in [-0.05, 0) is 30.4 Å². The molecule has 2 heteroatoms. The molecule has 0 aliphatic carbocycles. The first-order valence-corrected chi connectivity index (χ1v) is 5.03. The van der Waals surface area contributed by atoms with Gasteiger partial charge in [-0.2, -0.15) is 0 Å². The van der Waals surface area contributed by atoms with E-state index in [2.05, 4.69) is 17.6 Å². The van der Waals surface area contributed by atoms with Gasteiger partial charge in [-0.1, -0.05) is 30.0 Å². The average Bonchev–Trinajstić information content (AvgIpc) is 2.19. The third kappa shape index (κ3) is 3.47. The number of rotatable bonds is 4. The summed E-state index contributed by atoms with van der Waals surface area (Å²) in [6, 6.07) is 5.93. The molecule has 1 rings (SSSR count). The molecule has 0 bridgehead atoms. The van der Waals surface area contributed by atoms with E-state index < -0.39 is 0 Å². The zero-order valence-electron chi connectivity index (χ0n) is 7.73. The van der Waals surface area contributed by atoms with Crippen molar-refractivity contribution in [3.63, 3.8) is 0 Å². The summed E-state index contributed by atoms with van der Waals surface area (Å²) in [6.07, 6.45) is 6.73. The lowest BCUT2D eigenvalue weighted by Gasteiger charge is -2.01. The molecular weight excluding hydrogens is 178 g/mol. The molecule has 68 valence electrons. The Morgan fingerprint density at radius 1 is 1.62 bits per heavy atom. The summed E-state index contributed by atoms with van der Waals surface area (Å²) in [5, 5.41) is 1.04. The Hall–Kier alpha value is -1.02. The van der Waals surface area contributed by atoms with Gasteiger partial charge in [0.1, 0.15) is 5.03 Å². The van der Waals surface area contributed by atoms with Crippen LogP contribution in [-0.2, 0) is 0 Å². The van der Waals surface area contributed by atoms with E-state index in [1.54, 1.807) is 11.8 Å². The molecule has 13 heavy (non-hydrogen) atoms. The molecule has 0 saturated heterocycles. The van der Waals surface area contributed by atoms with Gasteiger partial charge in [0.05, 0.1) is 0 Å². The van der Waals surface area contributed by atoms with Gasteiger partial charge in [0, 0.05) is 6.20 Å². The Morgan fingerprint density at radius 3 is 3.00 bits per heavy atom. The maximum atomic E-state index is 4.24. The second kappa shape index (κ2) is 5.60. The van der Waals surface area contributed by atoms with Crippen LogP contribution >= 0.6 is 11.8 Å². The van der Waals surface area contributed by atoms with E-state index in [1.807, 2.05) is 37.4 Å². The molecule has 0 N–H and O–H groups in total. The van der Waals surface area contributed by atoms with E-state index in [1.165, 1.54) is 4.91 Å². The van der Waals surface area contributed by atoms with Crippen LogP contribution in [0.2, 0.25) is 0 Å². The standard InChI is InChI=1S/C11H13NS/c1-3-7-10(4-2)13-11-8-5-6-9-12-11/h3-6,8-9H,1,7H2,2H3/b10-4-. The number of hydrogen-bond acceptors (Lipinski definition) is 2. The lowest BCUT2D eigenvalue weighted by molar-refractivity contribution is 1.13. The largest absolute Gasteiger partial charge is 0.250 e. The summed E-state index contributed by atoms with van der Waals surface area (Å²) < 4.78 is 0. The van der Waals surface area contributed by atoms with Crippen LogP contribution in [0.4, 0.5) is 0 Å². The van der Waals surface area contributed by atoms with Gasteiger partial charge in [-0.25, -0.2) is 4.98 Å². The summed E-state index contributed by atoms with van der Waals surface area (Å²) in [6.45, 7) is 5.75. The molecule has 1 aromatic heterocycles. The lowest BCUT2D eigenvalue weighted by Crippen LogP contribution is -1.79. The van der Waals surface area contributed by atoms with Crippen molar-refractivity contribution in [1.29, 1.82) is 0 Å². The lowest BCUT2D eigenvalue weighted by atomic mass is 10.4. The summed E-state index contributed by atoms with van der Waals surface area (Å²) in [7, 11) is 0. The molecule has 0 aliphatic heterocycles. The predicted molar refractivity (Wildman–Crippen MR) is 58.7 cm³/mol. The second-order valence-corrected chi connectivity index (χ2v) is 3.66. The highest BCUT2D eigenvalue weighted by Gasteiger charge is 1.97. The molecule has 1 nitrogen and oxygen atoms in total. The summed E-state index contributed by atoms with van der Waals surface area (Å²) >= 11 is 1.69. The molecule has 0 aliphatic rings. The molecule has 0 amide bonds. The Bertz CT molecular complexity index is 290. The Kier molecular flexibility index (Phi) is 4.33. The van der Waals surface area contributed by atoms with E-state index in [0.717, 1.165) is 11.4 Å². The fourth-order valence-corrected chi connectivity index (χ4v) is 1.75. The summed E-state index contributed by atoms with van der Waals surface area (Å²) in [5.41, 5.74) is 0. The highest BCUT2D eigenvalue weighted by atomic mass is 32.2. The van der Waals surface area contributed by atoms with Gasteiger partial charge in [0.15, 0.2) is 0 Å². The van der Waals surface area contributed by atoms with Crippen LogP contribution in [0.5, 0.6) is 0 Å². The fraction of sp³-hybridized carbons (Fsp3) is 0.182. The normalized spacial score (nSPS) is 11.3. The van der Waals surface area contributed by atoms with Crippen LogP contribution in [0, 0.1) is 0 Å². The quantitative estimate of drug-likeness (QED) is 0.532. The van der Waals surface area contributed by atoms with Crippen molar-refractivity contribution in [2.75, 3.05) is 0 Å². The van der Waals surface area contributed by atoms with Crippen LogP contribution in [-0.4, -0.2) is 4.98 Å². The van der Waals surface area contributed by atoms with E-state index in [0.29, 0.717) is 0 Å². The molecule has 0 radical (unpaired) electrons. The van der Waals surface area contributed by atoms with Crippen LogP contribution in [0.25, 0.3) is 0 Å². The molecule has 1 heterocycles. The molecule has 0 aromatic carbocycles. The number of pyridine rings is 1. The molecular formula is C11H13NS. The van der Waals surface area contributed by atoms with Crippen molar-refractivity contribution in [2.24, 2.45) is 0 Å². The Morgan fingerprint density at radius 2 is 2.46 bits per heavy atom. The van der Waals surface area contributed by atoms with Gasteiger partial charge in [-0.3, -0.25) is 0 Å². The van der Waals surface area contributed by atoms with E-state index in [9.17, 15) is 0 Å². The highest BCUT2D eigenvalue weighted by Crippen LogP contribution is 2.26. The number of allylic oxidation sites excluding steroid dienone is 3. The topological polar surface area (TPSA) is 12.9 Å². The first-order valence-electron chi connectivity index (χ1n) is 4.21. The predicted octanol–water partition coefficient (Wildman–Crippen LogP) is 3.65. The number of hydrogen-bond donors (Lipinski definition) is 0. The molecule has 0 saturated carbocycles. The second-order valence-electron chi connectivity index (χ2n) is 2.52. The smallest absolute Gasteiger partial charge is 0.100 e. The van der Waals surface area contributed by atoms with E-state index in [-0.39, 0.29) is 0 Å². The monoisotopic (exact) mass is 191 g/mol. The van der Waals surface area contributed by atoms with Crippen molar-refractivity contribution in [3.8, 4) is 0 Å². The number of aromatic nitrogens is 1. The van der Waals surface area contributed by atoms with Crippen molar-refractivity contribution >= 4 is 11.8 Å². The first kappa shape index (κ1) is 10.1. The van der Waals surface area contributed by atoms with Crippen molar-refractivity contribution in [1.82, 2.24) is 4.98 Å². The Balaban J connectivity index is 2.62. The van der Waals surface area contributed by atoms with E-state index >= 15 is 0 Å². The molecule has 0 spiro atoms. The third-order valence-corrected chi connectivity index (χ3v) is 2.66. The van der Waals surface area contributed by atoms with Crippen molar-refractivity contribution in [2.45, 2.75) is 18.4 Å². The van der Waals surface area contributed by atoms with Crippen LogP contribution in [0.3, 0.4) is 0 Å². The molecule has 1 aromatic rings. The first-order chi connectivity index (χ1) is 6.36. The molecule has 0 atom stereocenters. The van der Waals surface area contributed by atoms with E-state index in [4.69, 9.17) is 0 Å². The summed E-state index contributed by atoms with van der Waals surface area (Å²) in [4.78, 5) is 5.52. The number of nitrogens with zero attached hydrogens (tertiary/aromatic N) is 1. The minimum atomic E-state index is 0.914. The Labute approximate surface area is 83.6 Å². The highest BCUT2D eigenvalue weighted by molar-refractivity contribution is 8.03. The van der Waals surface area contributed by atoms with Gasteiger partial charge in [0.25, 0.3) is 0 Å². The van der Waals surface area contributed by atoms with Crippen molar-refractivity contribution < 1.29 is 0 Å². The average molecular weight is 191 g/mol. The molecule has 0 fully saturated rings. The van der Waals surface area contributed by atoms with Gasteiger partial charge >= 0.3 is 0 Å². The maximum absolute atomic E-state index is 4.24. The minimum absolute atomic E-state index is 0.914. The van der Waals surface area contributed by atoms with Gasteiger partial charge in [0.2, 0.25) is 0 Å². The van der Waals surface area contributed by atoms with Crippen LogP contribution in [0.15, 0.2) is 53.1 Å². The fourth-order valence-electron chi connectivity index (χ4n) is 0.902. The van der Waals surface area contributed by atoms with Crippen molar-refractivity contribution in [3.05, 3.63) is 48.0 Å². The third-order valence-electron chi connectivity index (χ3n) is 1.54. The summed E-state index contributed by atoms with van der Waals surface area (Å²) in [5.74, 6) is 0. The van der Waals surface area contributed by atoms with Crippen LogP contribution in [0.1, 0.15) is 13.3 Å². The van der Waals surface area contributed by atoms with Crippen LogP contribution < -0.4 is 0 Å². The SMILES string of the molecule is C=CC/C(=C/C)Sc1ccccn1. The minimum Gasteiger partial charge on any atom is -0.250 e. The van der Waals surface area contributed by atoms with Gasteiger partial charge in [-0.15, -0.1) is 6.58 Å². The molecule has 0 unspecified atom stereocenters. The number of thioether (sulfide) groups is 1. The van der Waals surface area contributed by atoms with Gasteiger partial charge < -0.3 is 0 Å². The zero-order valence-corrected chi connectivity index (χ0v) is 8.55. The maximum Gasteiger partial charge on any atom is 0.100 e. The zero-order chi connectivity index (χ0) is 9.52.